The third-order valence-corrected chi connectivity index (χ3v) is 5.69. The number of amides is 1. The zero-order chi connectivity index (χ0) is 20.9. The molecule has 0 atom stereocenters. The second kappa shape index (κ2) is 9.34. The number of ether oxygens (including phenoxy) is 1. The Balaban J connectivity index is 1.69. The molecule has 2 aromatic carbocycles. The van der Waals surface area contributed by atoms with Gasteiger partial charge in [0.25, 0.3) is 0 Å². The average Bonchev–Trinajstić information content (AvgIpc) is 3.37. The molecule has 1 amide bonds. The van der Waals surface area contributed by atoms with Gasteiger partial charge in [0, 0.05) is 47.0 Å². The Labute approximate surface area is 182 Å². The van der Waals surface area contributed by atoms with Crippen molar-refractivity contribution < 1.29 is 9.53 Å². The van der Waals surface area contributed by atoms with Crippen molar-refractivity contribution >= 4 is 40.2 Å². The molecule has 0 saturated heterocycles. The van der Waals surface area contributed by atoms with Gasteiger partial charge in [-0.1, -0.05) is 41.6 Å². The zero-order valence-electron chi connectivity index (χ0n) is 16.3. The van der Waals surface area contributed by atoms with Crippen LogP contribution >= 0.6 is 23.4 Å². The molecule has 7 nitrogen and oxygen atoms in total. The molecule has 0 saturated carbocycles. The van der Waals surface area contributed by atoms with Crippen molar-refractivity contribution in [2.45, 2.75) is 5.16 Å². The van der Waals surface area contributed by atoms with Gasteiger partial charge in [0.05, 0.1) is 12.4 Å². The van der Waals surface area contributed by atoms with Crippen LogP contribution in [0.5, 0.6) is 0 Å². The fraction of sp³-hybridized carbons (Fsp3) is 0.190. The van der Waals surface area contributed by atoms with Crippen LogP contribution in [0.15, 0.2) is 59.9 Å². The van der Waals surface area contributed by atoms with Crippen LogP contribution in [0.2, 0.25) is 5.02 Å². The second-order valence-electron chi connectivity index (χ2n) is 6.50. The van der Waals surface area contributed by atoms with E-state index in [2.05, 4.69) is 20.5 Å². The van der Waals surface area contributed by atoms with Crippen molar-refractivity contribution in [3.05, 3.63) is 59.8 Å². The molecule has 0 aliphatic rings. The number of halogens is 1. The van der Waals surface area contributed by atoms with Crippen LogP contribution in [0.3, 0.4) is 0 Å². The molecule has 0 spiro atoms. The fourth-order valence-electron chi connectivity index (χ4n) is 3.09. The summed E-state index contributed by atoms with van der Waals surface area (Å²) in [6, 6.07) is 15.5. The maximum absolute atomic E-state index is 12.1. The van der Waals surface area contributed by atoms with Crippen LogP contribution in [0.4, 0.5) is 0 Å². The average molecular weight is 442 g/mol. The first-order valence-electron chi connectivity index (χ1n) is 9.33. The van der Waals surface area contributed by atoms with Crippen LogP contribution in [-0.4, -0.2) is 51.7 Å². The van der Waals surface area contributed by atoms with Crippen LogP contribution in [0, 0.1) is 0 Å². The highest BCUT2D eigenvalue weighted by molar-refractivity contribution is 7.99. The van der Waals surface area contributed by atoms with Crippen molar-refractivity contribution in [1.29, 1.82) is 0 Å². The predicted molar refractivity (Wildman–Crippen MR) is 119 cm³/mol. The van der Waals surface area contributed by atoms with E-state index in [4.69, 9.17) is 16.3 Å². The lowest BCUT2D eigenvalue weighted by molar-refractivity contribution is -0.118. The molecule has 4 rings (SSSR count). The monoisotopic (exact) mass is 441 g/mol. The molecule has 0 aliphatic heterocycles. The molecular weight excluding hydrogens is 422 g/mol. The largest absolute Gasteiger partial charge is 0.383 e. The van der Waals surface area contributed by atoms with Gasteiger partial charge in [-0.15, -0.1) is 10.2 Å². The van der Waals surface area contributed by atoms with Gasteiger partial charge in [0.1, 0.15) is 0 Å². The van der Waals surface area contributed by atoms with Gasteiger partial charge in [-0.2, -0.15) is 0 Å². The number of carbonyl (C=O) groups excluding carboxylic acids is 1. The van der Waals surface area contributed by atoms with E-state index in [1.54, 1.807) is 7.11 Å². The Bertz CT molecular complexity index is 1160. The van der Waals surface area contributed by atoms with Crippen LogP contribution in [0.1, 0.15) is 0 Å². The van der Waals surface area contributed by atoms with Crippen LogP contribution < -0.4 is 5.32 Å². The molecule has 2 heterocycles. The van der Waals surface area contributed by atoms with E-state index in [9.17, 15) is 4.79 Å². The van der Waals surface area contributed by atoms with E-state index < -0.39 is 0 Å². The molecule has 9 heteroatoms. The van der Waals surface area contributed by atoms with E-state index in [1.165, 1.54) is 11.8 Å². The summed E-state index contributed by atoms with van der Waals surface area (Å²) < 4.78 is 6.90. The summed E-state index contributed by atoms with van der Waals surface area (Å²) in [5, 5.41) is 14.0. The third-order valence-electron chi connectivity index (χ3n) is 4.51. The van der Waals surface area contributed by atoms with Crippen molar-refractivity contribution in [2.24, 2.45) is 0 Å². The minimum absolute atomic E-state index is 0.0867. The van der Waals surface area contributed by atoms with Gasteiger partial charge in [-0.05, 0) is 30.3 Å². The number of fused-ring (bicyclic) bond motifs is 1. The Morgan fingerprint density at radius 3 is 2.80 bits per heavy atom. The summed E-state index contributed by atoms with van der Waals surface area (Å²) in [5.74, 6) is 0.831. The summed E-state index contributed by atoms with van der Waals surface area (Å²) in [6.45, 7) is 0.947. The highest BCUT2D eigenvalue weighted by Crippen LogP contribution is 2.32. The minimum atomic E-state index is -0.0867. The lowest BCUT2D eigenvalue weighted by atomic mass is 10.1. The minimum Gasteiger partial charge on any atom is -0.383 e. The van der Waals surface area contributed by atoms with E-state index in [-0.39, 0.29) is 11.7 Å². The number of H-pyrrole nitrogens is 1. The Hall–Kier alpha value is -2.81. The zero-order valence-corrected chi connectivity index (χ0v) is 17.8. The molecular formula is C21H20ClN5O2S. The molecule has 154 valence electrons. The van der Waals surface area contributed by atoms with Crippen molar-refractivity contribution in [2.75, 3.05) is 26.0 Å². The van der Waals surface area contributed by atoms with E-state index >= 15 is 0 Å². The second-order valence-corrected chi connectivity index (χ2v) is 7.88. The number of hydrogen-bond donors (Lipinski definition) is 2. The number of nitrogens with one attached hydrogen (secondary N) is 2. The van der Waals surface area contributed by atoms with E-state index in [1.807, 2.05) is 59.3 Å². The molecule has 2 N–H and O–H groups in total. The molecule has 4 aromatic rings. The quantitative estimate of drug-likeness (QED) is 0.320. The summed E-state index contributed by atoms with van der Waals surface area (Å²) >= 11 is 7.41. The highest BCUT2D eigenvalue weighted by Gasteiger charge is 2.19. The number of rotatable bonds is 8. The van der Waals surface area contributed by atoms with Gasteiger partial charge in [-0.3, -0.25) is 9.36 Å². The maximum Gasteiger partial charge on any atom is 0.230 e. The number of aromatic nitrogens is 4. The number of para-hydroxylation sites is 1. The maximum atomic E-state index is 12.1. The normalized spacial score (nSPS) is 11.1. The number of thioether (sulfide) groups is 1. The van der Waals surface area contributed by atoms with Gasteiger partial charge in [0.2, 0.25) is 5.91 Å². The molecule has 30 heavy (non-hydrogen) atoms. The molecule has 0 fully saturated rings. The number of carbonyl (C=O) groups is 1. The van der Waals surface area contributed by atoms with Crippen LogP contribution in [0.25, 0.3) is 28.0 Å². The number of methoxy groups -OCH3 is 1. The standard InChI is InChI=1S/C21H20ClN5O2S/c1-29-11-10-23-19(28)13-30-21-26-25-20(27(21)15-8-6-14(22)7-9-15)17-12-24-18-5-3-2-4-16(17)18/h2-9,12,24H,10-11,13H2,1H3,(H,23,28). The lowest BCUT2D eigenvalue weighted by Gasteiger charge is -2.10. The lowest BCUT2D eigenvalue weighted by Crippen LogP contribution is -2.28. The number of benzene rings is 2. The van der Waals surface area contributed by atoms with Gasteiger partial charge < -0.3 is 15.0 Å². The molecule has 0 radical (unpaired) electrons. The Morgan fingerprint density at radius 1 is 1.20 bits per heavy atom. The Morgan fingerprint density at radius 2 is 2.00 bits per heavy atom. The van der Waals surface area contributed by atoms with Crippen molar-refractivity contribution in [1.82, 2.24) is 25.1 Å². The summed E-state index contributed by atoms with van der Waals surface area (Å²) in [6.07, 6.45) is 1.92. The van der Waals surface area contributed by atoms with Crippen molar-refractivity contribution in [3.8, 4) is 17.1 Å². The van der Waals surface area contributed by atoms with Gasteiger partial charge >= 0.3 is 0 Å². The highest BCUT2D eigenvalue weighted by atomic mass is 35.5. The SMILES string of the molecule is COCCNC(=O)CSc1nnc(-c2c[nH]c3ccccc23)n1-c1ccc(Cl)cc1. The van der Waals surface area contributed by atoms with E-state index in [0.717, 1.165) is 22.2 Å². The molecule has 0 aliphatic carbocycles. The molecule has 0 unspecified atom stereocenters. The topological polar surface area (TPSA) is 84.8 Å². The fourth-order valence-corrected chi connectivity index (χ4v) is 4.00. The third kappa shape index (κ3) is 4.35. The number of aromatic amines is 1. The smallest absolute Gasteiger partial charge is 0.230 e. The van der Waals surface area contributed by atoms with Gasteiger partial charge in [-0.25, -0.2) is 0 Å². The summed E-state index contributed by atoms with van der Waals surface area (Å²) in [4.78, 5) is 15.4. The number of hydrogen-bond acceptors (Lipinski definition) is 5. The van der Waals surface area contributed by atoms with Crippen LogP contribution in [-0.2, 0) is 9.53 Å². The molecule has 2 aromatic heterocycles. The summed E-state index contributed by atoms with van der Waals surface area (Å²) in [5.41, 5.74) is 2.82. The van der Waals surface area contributed by atoms with Crippen molar-refractivity contribution in [3.63, 3.8) is 0 Å². The van der Waals surface area contributed by atoms with Gasteiger partial charge in [0.15, 0.2) is 11.0 Å². The summed E-state index contributed by atoms with van der Waals surface area (Å²) in [7, 11) is 1.60. The first kappa shape index (κ1) is 20.5. The predicted octanol–water partition coefficient (Wildman–Crippen LogP) is 3.92. The Kier molecular flexibility index (Phi) is 6.37. The first-order valence-corrected chi connectivity index (χ1v) is 10.7. The molecule has 0 bridgehead atoms. The van der Waals surface area contributed by atoms with E-state index in [0.29, 0.717) is 29.2 Å². The number of nitrogens with zero attached hydrogens (tertiary/aromatic N) is 3. The first-order chi connectivity index (χ1) is 14.7.